The second kappa shape index (κ2) is 3.85. The molecule has 1 aromatic heterocycles. The lowest BCUT2D eigenvalue weighted by atomic mass is 10.2. The van der Waals surface area contributed by atoms with Crippen molar-refractivity contribution in [1.29, 1.82) is 0 Å². The van der Waals surface area contributed by atoms with E-state index in [1.54, 1.807) is 6.20 Å². The van der Waals surface area contributed by atoms with E-state index in [0.717, 1.165) is 16.9 Å². The molecule has 0 unspecified atom stereocenters. The first-order valence-corrected chi connectivity index (χ1v) is 4.43. The fourth-order valence-corrected chi connectivity index (χ4v) is 1.65. The molecule has 0 saturated heterocycles. The van der Waals surface area contributed by atoms with Crippen LogP contribution in [0.5, 0.6) is 0 Å². The maximum Gasteiger partial charge on any atom is 0.184 e. The Hall–Kier alpha value is -0.380. The van der Waals surface area contributed by atoms with Crippen molar-refractivity contribution >= 4 is 28.5 Å². The Labute approximate surface area is 74.7 Å². The molecule has 0 fully saturated rings. The highest BCUT2D eigenvalue weighted by molar-refractivity contribution is 7.16. The van der Waals surface area contributed by atoms with Crippen LogP contribution in [0.2, 0.25) is 4.47 Å². The topological polar surface area (TPSA) is 38.9 Å². The first kappa shape index (κ1) is 8.71. The summed E-state index contributed by atoms with van der Waals surface area (Å²) >= 11 is 7.07. The number of hydrogen-bond donors (Lipinski definition) is 1. The molecule has 4 heteroatoms. The Morgan fingerprint density at radius 2 is 2.55 bits per heavy atom. The van der Waals surface area contributed by atoms with Gasteiger partial charge in [-0.3, -0.25) is 0 Å². The van der Waals surface area contributed by atoms with Crippen molar-refractivity contribution < 1.29 is 0 Å². The molecule has 1 aromatic rings. The van der Waals surface area contributed by atoms with Crippen molar-refractivity contribution in [3.05, 3.63) is 22.1 Å². The summed E-state index contributed by atoms with van der Waals surface area (Å²) in [5, 5.41) is 0. The molecule has 0 aliphatic heterocycles. The van der Waals surface area contributed by atoms with E-state index in [-0.39, 0.29) is 0 Å². The summed E-state index contributed by atoms with van der Waals surface area (Å²) in [5.41, 5.74) is 6.37. The van der Waals surface area contributed by atoms with Crippen molar-refractivity contribution in [3.63, 3.8) is 0 Å². The maximum absolute atomic E-state index is 5.64. The van der Waals surface area contributed by atoms with Gasteiger partial charge in [0.05, 0.1) is 4.88 Å². The fraction of sp³-hybridized carbons (Fsp3) is 0.286. The van der Waals surface area contributed by atoms with Crippen LogP contribution in [0.4, 0.5) is 0 Å². The number of thiazole rings is 1. The van der Waals surface area contributed by atoms with E-state index in [4.69, 9.17) is 17.3 Å². The zero-order valence-corrected chi connectivity index (χ0v) is 7.58. The number of rotatable bonds is 3. The molecule has 1 rings (SSSR count). The van der Waals surface area contributed by atoms with Crippen molar-refractivity contribution in [2.45, 2.75) is 6.42 Å². The summed E-state index contributed by atoms with van der Waals surface area (Å²) in [4.78, 5) is 4.93. The minimum Gasteiger partial charge on any atom is -0.330 e. The molecule has 1 heterocycles. The number of nitrogens with zero attached hydrogens (tertiary/aromatic N) is 1. The minimum absolute atomic E-state index is 0.554. The molecule has 0 saturated carbocycles. The second-order valence-corrected chi connectivity index (χ2v) is 3.73. The molecule has 0 aliphatic rings. The van der Waals surface area contributed by atoms with Crippen LogP contribution < -0.4 is 5.73 Å². The van der Waals surface area contributed by atoms with Crippen molar-refractivity contribution in [2.75, 3.05) is 6.54 Å². The predicted octanol–water partition coefficient (Wildman–Crippen LogP) is 2.16. The highest BCUT2D eigenvalue weighted by atomic mass is 35.5. The monoisotopic (exact) mass is 188 g/mol. The summed E-state index contributed by atoms with van der Waals surface area (Å²) in [6.07, 6.45) is 2.53. The van der Waals surface area contributed by atoms with E-state index in [1.165, 1.54) is 11.3 Å². The molecule has 11 heavy (non-hydrogen) atoms. The van der Waals surface area contributed by atoms with Crippen LogP contribution in [0, 0.1) is 0 Å². The number of aromatic nitrogens is 1. The Morgan fingerprint density at radius 3 is 3.00 bits per heavy atom. The standard InChI is InChI=1S/C7H9ClN2S/c1-5(2-3-9)6-4-10-7(8)11-6/h4H,1-3,9H2. The quantitative estimate of drug-likeness (QED) is 0.790. The third-order valence-corrected chi connectivity index (χ3v) is 2.49. The first-order valence-electron chi connectivity index (χ1n) is 3.23. The van der Waals surface area contributed by atoms with Crippen LogP contribution in [-0.2, 0) is 0 Å². The average Bonchev–Trinajstić information content (AvgIpc) is 2.36. The molecular formula is C7H9ClN2S. The van der Waals surface area contributed by atoms with Crippen molar-refractivity contribution in [2.24, 2.45) is 5.73 Å². The van der Waals surface area contributed by atoms with E-state index in [0.29, 0.717) is 11.0 Å². The lowest BCUT2D eigenvalue weighted by Crippen LogP contribution is -1.98. The van der Waals surface area contributed by atoms with Crippen LogP contribution in [0.15, 0.2) is 12.8 Å². The molecule has 2 nitrogen and oxygen atoms in total. The molecule has 0 spiro atoms. The van der Waals surface area contributed by atoms with Crippen LogP contribution in [0.25, 0.3) is 5.57 Å². The molecule has 60 valence electrons. The largest absolute Gasteiger partial charge is 0.330 e. The third-order valence-electron chi connectivity index (χ3n) is 1.27. The summed E-state index contributed by atoms with van der Waals surface area (Å²) in [6, 6.07) is 0. The average molecular weight is 189 g/mol. The van der Waals surface area contributed by atoms with E-state index in [1.807, 2.05) is 0 Å². The smallest absolute Gasteiger partial charge is 0.184 e. The SMILES string of the molecule is C=C(CCN)c1cnc(Cl)s1. The van der Waals surface area contributed by atoms with Gasteiger partial charge in [-0.2, -0.15) is 0 Å². The number of hydrogen-bond acceptors (Lipinski definition) is 3. The Morgan fingerprint density at radius 1 is 1.82 bits per heavy atom. The fourth-order valence-electron chi connectivity index (χ4n) is 0.714. The Bertz CT molecular complexity index is 257. The van der Waals surface area contributed by atoms with E-state index < -0.39 is 0 Å². The van der Waals surface area contributed by atoms with Gasteiger partial charge in [-0.05, 0) is 18.5 Å². The molecular weight excluding hydrogens is 180 g/mol. The molecule has 0 radical (unpaired) electrons. The van der Waals surface area contributed by atoms with Gasteiger partial charge in [0, 0.05) is 6.20 Å². The zero-order valence-electron chi connectivity index (χ0n) is 6.01. The molecule has 0 atom stereocenters. The van der Waals surface area contributed by atoms with Crippen LogP contribution in [0.1, 0.15) is 11.3 Å². The van der Waals surface area contributed by atoms with Crippen LogP contribution in [0.3, 0.4) is 0 Å². The van der Waals surface area contributed by atoms with Gasteiger partial charge in [-0.25, -0.2) is 4.98 Å². The predicted molar refractivity (Wildman–Crippen MR) is 49.8 cm³/mol. The van der Waals surface area contributed by atoms with Gasteiger partial charge in [0.2, 0.25) is 0 Å². The summed E-state index contributed by atoms with van der Waals surface area (Å²) in [6.45, 7) is 4.48. The van der Waals surface area contributed by atoms with Crippen LogP contribution in [-0.4, -0.2) is 11.5 Å². The minimum atomic E-state index is 0.554. The Kier molecular flexibility index (Phi) is 3.05. The summed E-state index contributed by atoms with van der Waals surface area (Å²) in [7, 11) is 0. The third kappa shape index (κ3) is 2.29. The zero-order chi connectivity index (χ0) is 8.27. The van der Waals surface area contributed by atoms with E-state index in [2.05, 4.69) is 11.6 Å². The number of halogens is 1. The summed E-state index contributed by atoms with van der Waals surface area (Å²) < 4.78 is 0.554. The van der Waals surface area contributed by atoms with Gasteiger partial charge in [-0.15, -0.1) is 11.3 Å². The molecule has 2 N–H and O–H groups in total. The summed E-state index contributed by atoms with van der Waals surface area (Å²) in [5.74, 6) is 0. The molecule has 0 amide bonds. The lowest BCUT2D eigenvalue weighted by Gasteiger charge is -1.96. The molecule has 0 bridgehead atoms. The second-order valence-electron chi connectivity index (χ2n) is 2.12. The van der Waals surface area contributed by atoms with Gasteiger partial charge in [0.15, 0.2) is 4.47 Å². The van der Waals surface area contributed by atoms with Crippen LogP contribution >= 0.6 is 22.9 Å². The normalized spacial score (nSPS) is 10.0. The van der Waals surface area contributed by atoms with E-state index >= 15 is 0 Å². The maximum atomic E-state index is 5.64. The van der Waals surface area contributed by atoms with Gasteiger partial charge in [0.25, 0.3) is 0 Å². The Balaban J connectivity index is 2.69. The van der Waals surface area contributed by atoms with Crippen molar-refractivity contribution in [1.82, 2.24) is 4.98 Å². The van der Waals surface area contributed by atoms with Gasteiger partial charge in [0.1, 0.15) is 0 Å². The number of nitrogens with two attached hydrogens (primary N) is 1. The molecule has 0 aliphatic carbocycles. The van der Waals surface area contributed by atoms with Gasteiger partial charge in [-0.1, -0.05) is 18.2 Å². The lowest BCUT2D eigenvalue weighted by molar-refractivity contribution is 1.03. The highest BCUT2D eigenvalue weighted by Gasteiger charge is 2.01. The molecule has 0 aromatic carbocycles. The van der Waals surface area contributed by atoms with Gasteiger partial charge >= 0.3 is 0 Å². The first-order chi connectivity index (χ1) is 5.24. The van der Waals surface area contributed by atoms with Gasteiger partial charge < -0.3 is 5.73 Å². The highest BCUT2D eigenvalue weighted by Crippen LogP contribution is 2.25. The van der Waals surface area contributed by atoms with E-state index in [9.17, 15) is 0 Å². The van der Waals surface area contributed by atoms with Crippen molar-refractivity contribution in [3.8, 4) is 0 Å².